The summed E-state index contributed by atoms with van der Waals surface area (Å²) in [5, 5.41) is 0. The van der Waals surface area contributed by atoms with Gasteiger partial charge < -0.3 is 4.74 Å². The summed E-state index contributed by atoms with van der Waals surface area (Å²) in [6, 6.07) is 6.34. The third-order valence-electron chi connectivity index (χ3n) is 1.18. The van der Waals surface area contributed by atoms with Crippen LogP contribution in [-0.4, -0.2) is 4.74 Å². The van der Waals surface area contributed by atoms with Crippen LogP contribution in [0.25, 0.3) is 0 Å². The highest BCUT2D eigenvalue weighted by molar-refractivity contribution is 5.14. The normalized spacial score (nSPS) is 9.80. The van der Waals surface area contributed by atoms with Crippen LogP contribution in [0.1, 0.15) is 5.56 Å². The third-order valence-corrected chi connectivity index (χ3v) is 1.18. The van der Waals surface area contributed by atoms with Crippen LogP contribution in [0.15, 0.2) is 24.3 Å². The molecule has 0 bridgehead atoms. The molecule has 0 saturated heterocycles. The molecule has 1 rings (SSSR count). The first kappa shape index (κ1) is 7.22. The van der Waals surface area contributed by atoms with Gasteiger partial charge >= 0.3 is 0 Å². The second-order valence-corrected chi connectivity index (χ2v) is 2.01. The van der Waals surface area contributed by atoms with E-state index in [1.54, 1.807) is 6.07 Å². The van der Waals surface area contributed by atoms with Gasteiger partial charge in [0, 0.05) is 5.56 Å². The fourth-order valence-electron chi connectivity index (χ4n) is 0.764. The van der Waals surface area contributed by atoms with E-state index in [-0.39, 0.29) is 5.82 Å². The monoisotopic (exact) mass is 140 g/mol. The van der Waals surface area contributed by atoms with E-state index in [0.717, 1.165) is 5.56 Å². The van der Waals surface area contributed by atoms with Crippen molar-refractivity contribution in [3.8, 4) is 0 Å². The highest BCUT2D eigenvalue weighted by Crippen LogP contribution is 2.02. The lowest BCUT2D eigenvalue weighted by atomic mass is 10.2. The zero-order valence-electron chi connectivity index (χ0n) is 5.55. The van der Waals surface area contributed by atoms with Crippen LogP contribution in [0.3, 0.4) is 0 Å². The van der Waals surface area contributed by atoms with Crippen molar-refractivity contribution in [2.75, 3.05) is 0 Å². The van der Waals surface area contributed by atoms with Gasteiger partial charge in [-0.2, -0.15) is 0 Å². The summed E-state index contributed by atoms with van der Waals surface area (Å²) < 4.78 is 16.1. The van der Waals surface area contributed by atoms with E-state index in [1.165, 1.54) is 12.1 Å². The van der Waals surface area contributed by atoms with Crippen molar-refractivity contribution in [3.63, 3.8) is 0 Å². The maximum Gasteiger partial charge on any atom is 0.145 e. The van der Waals surface area contributed by atoms with Gasteiger partial charge in [-0.25, -0.2) is 4.39 Å². The lowest BCUT2D eigenvalue weighted by Gasteiger charge is -1.99. The molecule has 0 saturated carbocycles. The minimum absolute atomic E-state index is 0.221. The van der Waals surface area contributed by atoms with E-state index in [1.807, 2.05) is 6.07 Å². The molecule has 1 N–H and O–H groups in total. The molecule has 10 heavy (non-hydrogen) atoms. The number of ether oxygens (including phenoxy) is 1. The molecule has 2 heteroatoms. The topological polar surface area (TPSA) is 12.8 Å². The summed E-state index contributed by atoms with van der Waals surface area (Å²) in [6.07, 6.45) is 0. The average molecular weight is 140 g/mol. The Hall–Kier alpha value is -0.890. The molecular weight excluding hydrogens is 131 g/mol. The fourth-order valence-corrected chi connectivity index (χ4v) is 0.764. The van der Waals surface area contributed by atoms with Gasteiger partial charge in [0.1, 0.15) is 12.4 Å². The lowest BCUT2D eigenvalue weighted by molar-refractivity contribution is 0.0399. The van der Waals surface area contributed by atoms with Crippen molar-refractivity contribution in [2.45, 2.75) is 6.61 Å². The number of rotatable bonds is 2. The predicted molar refractivity (Wildman–Crippen MR) is 37.7 cm³/mol. The summed E-state index contributed by atoms with van der Waals surface area (Å²) in [5.41, 5.74) is 0.856. The molecule has 1 nitrogen and oxygen atoms in total. The van der Waals surface area contributed by atoms with Gasteiger partial charge in [0.2, 0.25) is 0 Å². The minimum Gasteiger partial charge on any atom is -0.578 e. The van der Waals surface area contributed by atoms with Gasteiger partial charge in [-0.15, -0.1) is 0 Å². The summed E-state index contributed by atoms with van der Waals surface area (Å²) in [4.78, 5) is 0. The van der Waals surface area contributed by atoms with E-state index in [0.29, 0.717) is 6.61 Å². The highest BCUT2D eigenvalue weighted by Gasteiger charge is 1.93. The number of hydrogen-bond donors (Lipinski definition) is 0. The predicted octanol–water partition coefficient (Wildman–Crippen LogP) is 1.65. The molecule has 0 atom stereocenters. The largest absolute Gasteiger partial charge is 0.578 e. The van der Waals surface area contributed by atoms with Crippen LogP contribution in [0.2, 0.25) is 0 Å². The Labute approximate surface area is 59.4 Å². The maximum absolute atomic E-state index is 12.4. The van der Waals surface area contributed by atoms with Crippen LogP contribution in [0.5, 0.6) is 0 Å². The molecule has 0 spiro atoms. The summed E-state index contributed by atoms with van der Waals surface area (Å²) in [5.74, 6) is -0.221. The maximum atomic E-state index is 12.4. The Bertz CT molecular complexity index is 210. The van der Waals surface area contributed by atoms with Crippen LogP contribution >= 0.6 is 0 Å². The minimum atomic E-state index is -0.221. The van der Waals surface area contributed by atoms with E-state index in [2.05, 4.69) is 11.8 Å². The molecule has 0 aliphatic rings. The van der Waals surface area contributed by atoms with Crippen LogP contribution in [0, 0.1) is 12.9 Å². The first-order valence-electron chi connectivity index (χ1n) is 3.00. The van der Waals surface area contributed by atoms with E-state index >= 15 is 0 Å². The number of hydrogen-bond acceptors (Lipinski definition) is 0. The first-order chi connectivity index (χ1) is 4.83. The van der Waals surface area contributed by atoms with Crippen molar-refractivity contribution in [1.29, 1.82) is 0 Å². The van der Waals surface area contributed by atoms with Crippen molar-refractivity contribution in [3.05, 3.63) is 42.8 Å². The van der Waals surface area contributed by atoms with Crippen LogP contribution < -0.4 is 0 Å². The molecule has 0 aliphatic heterocycles. The Morgan fingerprint density at radius 1 is 1.50 bits per heavy atom. The van der Waals surface area contributed by atoms with Gasteiger partial charge in [-0.05, 0) is 12.1 Å². The quantitative estimate of drug-likeness (QED) is 0.437. The molecule has 0 fully saturated rings. The molecule has 0 unspecified atom stereocenters. The van der Waals surface area contributed by atoms with E-state index < -0.39 is 0 Å². The summed E-state index contributed by atoms with van der Waals surface area (Å²) in [7, 11) is 3.31. The second kappa shape index (κ2) is 3.32. The Morgan fingerprint density at radius 2 is 2.30 bits per heavy atom. The molecule has 54 valence electrons. The summed E-state index contributed by atoms with van der Waals surface area (Å²) >= 11 is 0. The molecular formula is C8H9FO. The molecule has 0 aromatic heterocycles. The molecule has 0 aliphatic carbocycles. The molecule has 0 amide bonds. The summed E-state index contributed by atoms with van der Waals surface area (Å²) in [6.45, 7) is 0.484. The van der Waals surface area contributed by atoms with Crippen LogP contribution in [0.4, 0.5) is 4.39 Å². The second-order valence-electron chi connectivity index (χ2n) is 2.01. The number of halogens is 1. The standard InChI is InChI=1S/C8H9FO/c1-10-6-7-3-2-4-8(9)5-7/h2-5,10H,1,6H2. The molecule has 1 aromatic rings. The first-order valence-corrected chi connectivity index (χ1v) is 3.00. The van der Waals surface area contributed by atoms with Gasteiger partial charge in [-0.3, -0.25) is 0 Å². The Kier molecular flexibility index (Phi) is 2.40. The van der Waals surface area contributed by atoms with Crippen molar-refractivity contribution < 1.29 is 9.13 Å². The van der Waals surface area contributed by atoms with Crippen molar-refractivity contribution in [2.24, 2.45) is 0 Å². The van der Waals surface area contributed by atoms with Gasteiger partial charge in [-0.1, -0.05) is 19.2 Å². The van der Waals surface area contributed by atoms with Crippen molar-refractivity contribution in [1.82, 2.24) is 0 Å². The SMILES string of the molecule is [CH2-][OH+]Cc1cccc(F)c1. The zero-order chi connectivity index (χ0) is 7.40. The molecule has 0 heterocycles. The third kappa shape index (κ3) is 1.81. The number of aliphatic hydroxyl groups is 2. The number of benzene rings is 1. The Morgan fingerprint density at radius 3 is 2.90 bits per heavy atom. The molecule has 1 aromatic carbocycles. The fraction of sp³-hybridized carbons (Fsp3) is 0.125. The Balaban J connectivity index is 2.75. The van der Waals surface area contributed by atoms with E-state index in [9.17, 15) is 4.39 Å². The lowest BCUT2D eigenvalue weighted by Crippen LogP contribution is -1.89. The average Bonchev–Trinajstić information content (AvgIpc) is 1.88. The zero-order valence-corrected chi connectivity index (χ0v) is 5.55. The highest BCUT2D eigenvalue weighted by atomic mass is 19.1. The van der Waals surface area contributed by atoms with Gasteiger partial charge in [0.25, 0.3) is 0 Å². The van der Waals surface area contributed by atoms with E-state index in [4.69, 9.17) is 0 Å². The smallest absolute Gasteiger partial charge is 0.145 e. The molecule has 0 radical (unpaired) electrons. The van der Waals surface area contributed by atoms with Crippen LogP contribution in [-0.2, 0) is 6.61 Å². The van der Waals surface area contributed by atoms with Gasteiger partial charge in [0.05, 0.1) is 0 Å². The van der Waals surface area contributed by atoms with Crippen molar-refractivity contribution >= 4 is 0 Å². The van der Waals surface area contributed by atoms with Gasteiger partial charge in [0.15, 0.2) is 0 Å².